The molecule has 18 heavy (non-hydrogen) atoms. The summed E-state index contributed by atoms with van der Waals surface area (Å²) < 4.78 is 0. The van der Waals surface area contributed by atoms with E-state index < -0.39 is 0 Å². The third-order valence-corrected chi connectivity index (χ3v) is 3.60. The minimum atomic E-state index is -0.0800. The molecule has 0 saturated carbocycles. The highest BCUT2D eigenvalue weighted by molar-refractivity contribution is 5.94. The monoisotopic (exact) mass is 247 g/mol. The van der Waals surface area contributed by atoms with E-state index in [2.05, 4.69) is 15.5 Å². The fourth-order valence-electron chi connectivity index (χ4n) is 2.31. The quantitative estimate of drug-likeness (QED) is 0.843. The zero-order valence-corrected chi connectivity index (χ0v) is 11.0. The number of carbonyl (C=O) groups is 1. The molecule has 1 aliphatic rings. The Hall–Kier alpha value is -1.39. The van der Waals surface area contributed by atoms with E-state index in [-0.39, 0.29) is 11.9 Å². The molecule has 1 aromatic rings. The van der Waals surface area contributed by atoms with Crippen LogP contribution in [0.2, 0.25) is 0 Å². The van der Waals surface area contributed by atoms with Crippen LogP contribution in [0.15, 0.2) is 30.3 Å². The molecule has 0 aromatic heterocycles. The van der Waals surface area contributed by atoms with Crippen molar-refractivity contribution in [2.45, 2.75) is 25.4 Å². The molecule has 0 radical (unpaired) electrons. The van der Waals surface area contributed by atoms with Crippen LogP contribution in [0, 0.1) is 0 Å². The molecule has 2 unspecified atom stereocenters. The highest BCUT2D eigenvalue weighted by Gasteiger charge is 2.28. The van der Waals surface area contributed by atoms with Crippen LogP contribution < -0.4 is 10.6 Å². The first kappa shape index (κ1) is 13.1. The molecule has 2 N–H and O–H groups in total. The van der Waals surface area contributed by atoms with Crippen LogP contribution in [0.4, 0.5) is 5.69 Å². The number of anilines is 1. The molecule has 98 valence electrons. The number of hydrogen-bond acceptors (Lipinski definition) is 3. The van der Waals surface area contributed by atoms with E-state index in [0.29, 0.717) is 6.04 Å². The molecule has 0 spiro atoms. The largest absolute Gasteiger partial charge is 0.325 e. The van der Waals surface area contributed by atoms with E-state index in [1.54, 1.807) is 0 Å². The Bertz CT molecular complexity index is 393. The molecule has 0 aliphatic carbocycles. The second kappa shape index (κ2) is 5.98. The number of carbonyl (C=O) groups excluding carboxylic acids is 1. The van der Waals surface area contributed by atoms with Crippen LogP contribution in [0.3, 0.4) is 0 Å². The van der Waals surface area contributed by atoms with Crippen LogP contribution in [0.25, 0.3) is 0 Å². The van der Waals surface area contributed by atoms with E-state index in [1.165, 1.54) is 0 Å². The summed E-state index contributed by atoms with van der Waals surface area (Å²) in [5, 5.41) is 6.21. The summed E-state index contributed by atoms with van der Waals surface area (Å²) in [6.45, 7) is 3.89. The minimum absolute atomic E-state index is 0.0675. The van der Waals surface area contributed by atoms with Crippen molar-refractivity contribution in [2.24, 2.45) is 0 Å². The second-order valence-corrected chi connectivity index (χ2v) is 4.80. The first-order valence-corrected chi connectivity index (χ1v) is 6.48. The summed E-state index contributed by atoms with van der Waals surface area (Å²) in [7, 11) is 1.98. The molecular weight excluding hydrogens is 226 g/mol. The molecule has 2 rings (SSSR count). The molecule has 1 aromatic carbocycles. The maximum absolute atomic E-state index is 12.1. The third kappa shape index (κ3) is 3.09. The summed E-state index contributed by atoms with van der Waals surface area (Å²) in [4.78, 5) is 14.3. The topological polar surface area (TPSA) is 44.4 Å². The molecule has 4 heteroatoms. The Balaban J connectivity index is 1.89. The minimum Gasteiger partial charge on any atom is -0.325 e. The molecule has 1 amide bonds. The highest BCUT2D eigenvalue weighted by Crippen LogP contribution is 2.14. The summed E-state index contributed by atoms with van der Waals surface area (Å²) in [6.07, 6.45) is 1.11. The summed E-state index contributed by atoms with van der Waals surface area (Å²) >= 11 is 0. The fraction of sp³-hybridized carbons (Fsp3) is 0.500. The molecule has 4 nitrogen and oxygen atoms in total. The van der Waals surface area contributed by atoms with Gasteiger partial charge in [0.05, 0.1) is 6.04 Å². The number of benzene rings is 1. The average Bonchev–Trinajstić information content (AvgIpc) is 2.87. The number of nitrogens with one attached hydrogen (secondary N) is 2. The lowest BCUT2D eigenvalue weighted by Gasteiger charge is -2.23. The lowest BCUT2D eigenvalue weighted by Crippen LogP contribution is -2.42. The number of amides is 1. The smallest absolute Gasteiger partial charge is 0.241 e. The Kier molecular flexibility index (Phi) is 4.33. The van der Waals surface area contributed by atoms with Crippen molar-refractivity contribution in [3.8, 4) is 0 Å². The van der Waals surface area contributed by atoms with Crippen molar-refractivity contribution in [3.05, 3.63) is 30.3 Å². The van der Waals surface area contributed by atoms with E-state index in [0.717, 1.165) is 25.2 Å². The second-order valence-electron chi connectivity index (χ2n) is 4.80. The number of nitrogens with zero attached hydrogens (tertiary/aromatic N) is 1. The third-order valence-electron chi connectivity index (χ3n) is 3.60. The van der Waals surface area contributed by atoms with Crippen LogP contribution in [0.1, 0.15) is 13.3 Å². The molecular formula is C14H21N3O. The predicted molar refractivity (Wildman–Crippen MR) is 73.6 cm³/mol. The fourth-order valence-corrected chi connectivity index (χ4v) is 2.31. The van der Waals surface area contributed by atoms with Crippen LogP contribution in [0.5, 0.6) is 0 Å². The number of likely N-dealkylation sites (tertiary alicyclic amines) is 1. The Labute approximate surface area is 108 Å². The lowest BCUT2D eigenvalue weighted by atomic mass is 10.2. The van der Waals surface area contributed by atoms with Crippen molar-refractivity contribution in [1.82, 2.24) is 10.2 Å². The molecule has 1 aliphatic heterocycles. The van der Waals surface area contributed by atoms with Gasteiger partial charge >= 0.3 is 0 Å². The lowest BCUT2D eigenvalue weighted by molar-refractivity contribution is -0.120. The molecule has 1 saturated heterocycles. The van der Waals surface area contributed by atoms with Gasteiger partial charge in [-0.3, -0.25) is 9.69 Å². The first-order valence-electron chi connectivity index (χ1n) is 6.48. The van der Waals surface area contributed by atoms with E-state index in [1.807, 2.05) is 44.3 Å². The van der Waals surface area contributed by atoms with Gasteiger partial charge in [0.1, 0.15) is 0 Å². The van der Waals surface area contributed by atoms with Crippen LogP contribution >= 0.6 is 0 Å². The number of para-hydroxylation sites is 1. The Morgan fingerprint density at radius 3 is 2.72 bits per heavy atom. The van der Waals surface area contributed by atoms with Crippen LogP contribution in [-0.2, 0) is 4.79 Å². The average molecular weight is 247 g/mol. The number of likely N-dealkylation sites (N-methyl/N-ethyl adjacent to an activating group) is 1. The number of hydrogen-bond donors (Lipinski definition) is 2. The van der Waals surface area contributed by atoms with Gasteiger partial charge in [-0.1, -0.05) is 18.2 Å². The van der Waals surface area contributed by atoms with Gasteiger partial charge in [0.15, 0.2) is 0 Å². The number of rotatable bonds is 4. The summed E-state index contributed by atoms with van der Waals surface area (Å²) in [5.74, 6) is 0.0675. The van der Waals surface area contributed by atoms with Gasteiger partial charge in [-0.2, -0.15) is 0 Å². The van der Waals surface area contributed by atoms with Gasteiger partial charge in [-0.05, 0) is 32.5 Å². The van der Waals surface area contributed by atoms with E-state index in [4.69, 9.17) is 0 Å². The first-order chi connectivity index (χ1) is 8.70. The standard InChI is InChI=1S/C14H21N3O/c1-11(17-9-8-13(10-17)15-2)14(18)16-12-6-4-3-5-7-12/h3-7,11,13,15H,8-10H2,1-2H3,(H,16,18). The van der Waals surface area contributed by atoms with Gasteiger partial charge in [0.25, 0.3) is 0 Å². The Morgan fingerprint density at radius 1 is 1.39 bits per heavy atom. The van der Waals surface area contributed by atoms with Crippen molar-refractivity contribution in [1.29, 1.82) is 0 Å². The van der Waals surface area contributed by atoms with Crippen molar-refractivity contribution in [3.63, 3.8) is 0 Å². The van der Waals surface area contributed by atoms with Gasteiger partial charge in [0.2, 0.25) is 5.91 Å². The van der Waals surface area contributed by atoms with E-state index in [9.17, 15) is 4.79 Å². The normalized spacial score (nSPS) is 21.8. The van der Waals surface area contributed by atoms with Gasteiger partial charge in [-0.15, -0.1) is 0 Å². The Morgan fingerprint density at radius 2 is 2.11 bits per heavy atom. The van der Waals surface area contributed by atoms with Crippen molar-refractivity contribution in [2.75, 3.05) is 25.5 Å². The molecule has 1 heterocycles. The van der Waals surface area contributed by atoms with Crippen LogP contribution in [-0.4, -0.2) is 43.0 Å². The van der Waals surface area contributed by atoms with Gasteiger partial charge < -0.3 is 10.6 Å². The maximum atomic E-state index is 12.1. The molecule has 1 fully saturated rings. The molecule has 0 bridgehead atoms. The van der Waals surface area contributed by atoms with E-state index >= 15 is 0 Å². The van der Waals surface area contributed by atoms with Gasteiger partial charge in [0, 0.05) is 24.8 Å². The molecule has 2 atom stereocenters. The summed E-state index contributed by atoms with van der Waals surface area (Å²) in [6, 6.07) is 10.0. The zero-order chi connectivity index (χ0) is 13.0. The highest BCUT2D eigenvalue weighted by atomic mass is 16.2. The summed E-state index contributed by atoms with van der Waals surface area (Å²) in [5.41, 5.74) is 0.860. The SMILES string of the molecule is CNC1CCN(C(C)C(=O)Nc2ccccc2)C1. The zero-order valence-electron chi connectivity index (χ0n) is 11.0. The van der Waals surface area contributed by atoms with Gasteiger partial charge in [-0.25, -0.2) is 0 Å². The van der Waals surface area contributed by atoms with Crippen molar-refractivity contribution >= 4 is 11.6 Å². The maximum Gasteiger partial charge on any atom is 0.241 e. The predicted octanol–water partition coefficient (Wildman–Crippen LogP) is 1.31. The van der Waals surface area contributed by atoms with Crippen molar-refractivity contribution < 1.29 is 4.79 Å².